The van der Waals surface area contributed by atoms with Crippen molar-refractivity contribution in [3.63, 3.8) is 0 Å². The number of nitrogens with zero attached hydrogens (tertiary/aromatic N) is 1. The number of ketones is 1. The number of hydrogen-bond acceptors (Lipinski definition) is 7. The topological polar surface area (TPSA) is 107 Å². The van der Waals surface area contributed by atoms with Crippen molar-refractivity contribution in [2.75, 3.05) is 11.5 Å². The average Bonchev–Trinajstić information content (AvgIpc) is 3.22. The lowest BCUT2D eigenvalue weighted by Gasteiger charge is -2.15. The fourth-order valence-electron chi connectivity index (χ4n) is 4.62. The number of esters is 2. The predicted molar refractivity (Wildman–Crippen MR) is 147 cm³/mol. The fourth-order valence-corrected chi connectivity index (χ4v) is 4.92. The van der Waals surface area contributed by atoms with Crippen molar-refractivity contribution in [2.24, 2.45) is 11.8 Å². The van der Waals surface area contributed by atoms with E-state index in [1.807, 2.05) is 12.2 Å². The van der Waals surface area contributed by atoms with Gasteiger partial charge in [-0.2, -0.15) is 0 Å². The van der Waals surface area contributed by atoms with Crippen molar-refractivity contribution in [1.82, 2.24) is 0 Å². The van der Waals surface area contributed by atoms with Gasteiger partial charge >= 0.3 is 11.9 Å². The van der Waals surface area contributed by atoms with E-state index in [0.717, 1.165) is 4.90 Å². The number of hydrogen-bond donors (Lipinski definition) is 0. The molecule has 1 heterocycles. The molecule has 1 fully saturated rings. The first-order valence-corrected chi connectivity index (χ1v) is 13.1. The number of allylic oxidation sites excluding steroid dienone is 2. The molecule has 3 aromatic carbocycles. The van der Waals surface area contributed by atoms with Gasteiger partial charge in [-0.3, -0.25) is 19.3 Å². The molecule has 3 aromatic rings. The highest BCUT2D eigenvalue weighted by Crippen LogP contribution is 2.37. The van der Waals surface area contributed by atoms with Crippen LogP contribution in [0, 0.1) is 11.8 Å². The minimum atomic E-state index is -0.777. The Kier molecular flexibility index (Phi) is 7.82. The Bertz CT molecular complexity index is 1540. The number of carbonyl (C=O) groups is 5. The summed E-state index contributed by atoms with van der Waals surface area (Å²) < 4.78 is 10.5. The molecule has 1 saturated heterocycles. The van der Waals surface area contributed by atoms with Crippen LogP contribution in [0.1, 0.15) is 43.9 Å². The molecule has 5 rings (SSSR count). The minimum absolute atomic E-state index is 0.100. The van der Waals surface area contributed by atoms with Gasteiger partial charge in [-0.1, -0.05) is 41.4 Å². The van der Waals surface area contributed by atoms with E-state index in [1.54, 1.807) is 12.1 Å². The summed E-state index contributed by atoms with van der Waals surface area (Å²) in [6.07, 6.45) is 4.82. The summed E-state index contributed by atoms with van der Waals surface area (Å²) in [7, 11) is 0. The Labute approximate surface area is 239 Å². The lowest BCUT2D eigenvalue weighted by Crippen LogP contribution is -2.31. The van der Waals surface area contributed by atoms with Crippen LogP contribution >= 0.6 is 23.2 Å². The number of ether oxygens (including phenoxy) is 2. The van der Waals surface area contributed by atoms with Gasteiger partial charge in [0.2, 0.25) is 11.8 Å². The Morgan fingerprint density at radius 3 is 2.02 bits per heavy atom. The van der Waals surface area contributed by atoms with Crippen LogP contribution in [0.15, 0.2) is 78.9 Å². The standard InChI is InChI=1S/C30H21Cl2NO7/c31-24-13-10-19(15-25(24)32)30(38)40-21-11-8-17(9-12-21)26(34)16-39-29(37)18-4-3-5-20(14-18)33-27(35)22-6-1-2-7-23(22)28(33)36/h1-5,8-15,22-23H,6-7,16H2. The van der Waals surface area contributed by atoms with Gasteiger partial charge in [0, 0.05) is 5.56 Å². The zero-order valence-electron chi connectivity index (χ0n) is 20.8. The lowest BCUT2D eigenvalue weighted by atomic mass is 9.85. The van der Waals surface area contributed by atoms with Crippen LogP contribution in [0.5, 0.6) is 5.75 Å². The minimum Gasteiger partial charge on any atom is -0.454 e. The van der Waals surface area contributed by atoms with Crippen LogP contribution < -0.4 is 9.64 Å². The highest BCUT2D eigenvalue weighted by atomic mass is 35.5. The van der Waals surface area contributed by atoms with Crippen LogP contribution in [-0.4, -0.2) is 36.1 Å². The third-order valence-electron chi connectivity index (χ3n) is 6.72. The van der Waals surface area contributed by atoms with Gasteiger partial charge < -0.3 is 9.47 Å². The SMILES string of the molecule is O=C(COC(=O)c1cccc(N2C(=O)C3CC=CCC3C2=O)c1)c1ccc(OC(=O)c2ccc(Cl)c(Cl)c2)cc1. The maximum Gasteiger partial charge on any atom is 0.343 e. The third kappa shape index (κ3) is 5.54. The Hall–Kier alpha value is -4.27. The van der Waals surface area contributed by atoms with Crippen molar-refractivity contribution >= 4 is 58.4 Å². The first-order chi connectivity index (χ1) is 19.2. The normalized spacial score (nSPS) is 17.9. The maximum absolute atomic E-state index is 12.9. The summed E-state index contributed by atoms with van der Waals surface area (Å²) in [5.41, 5.74) is 0.833. The van der Waals surface area contributed by atoms with Gasteiger partial charge in [-0.15, -0.1) is 0 Å². The number of fused-ring (bicyclic) bond motifs is 1. The molecule has 10 heteroatoms. The molecule has 2 unspecified atom stereocenters. The van der Waals surface area contributed by atoms with Crippen LogP contribution in [0.3, 0.4) is 0 Å². The average molecular weight is 578 g/mol. The summed E-state index contributed by atoms with van der Waals surface area (Å²) in [4.78, 5) is 64.4. The van der Waals surface area contributed by atoms with Gasteiger partial charge in [0.05, 0.1) is 38.7 Å². The summed E-state index contributed by atoms with van der Waals surface area (Å²) in [5, 5.41) is 0.521. The Morgan fingerprint density at radius 2 is 1.38 bits per heavy atom. The van der Waals surface area contributed by atoms with E-state index in [0.29, 0.717) is 17.9 Å². The van der Waals surface area contributed by atoms with Gasteiger partial charge in [-0.25, -0.2) is 9.59 Å². The first kappa shape index (κ1) is 27.3. The molecule has 0 aromatic heterocycles. The predicted octanol–water partition coefficient (Wildman–Crippen LogP) is 5.71. The molecule has 1 aliphatic carbocycles. The van der Waals surface area contributed by atoms with Crippen molar-refractivity contribution in [2.45, 2.75) is 12.8 Å². The molecule has 8 nitrogen and oxygen atoms in total. The van der Waals surface area contributed by atoms with E-state index in [9.17, 15) is 24.0 Å². The van der Waals surface area contributed by atoms with E-state index in [2.05, 4.69) is 0 Å². The summed E-state index contributed by atoms with van der Waals surface area (Å²) in [6, 6.07) is 16.1. The van der Waals surface area contributed by atoms with Crippen molar-refractivity contribution < 1.29 is 33.4 Å². The molecular weight excluding hydrogens is 557 g/mol. The van der Waals surface area contributed by atoms with Crippen LogP contribution in [0.2, 0.25) is 10.0 Å². The van der Waals surface area contributed by atoms with Crippen molar-refractivity contribution in [1.29, 1.82) is 0 Å². The number of anilines is 1. The van der Waals surface area contributed by atoms with Crippen LogP contribution in [0.4, 0.5) is 5.69 Å². The second-order valence-electron chi connectivity index (χ2n) is 9.26. The molecule has 0 radical (unpaired) electrons. The number of amides is 2. The molecule has 0 N–H and O–H groups in total. The molecule has 2 atom stereocenters. The molecule has 202 valence electrons. The number of Topliss-reactive ketones (excluding diaryl/α,β-unsaturated/α-hetero) is 1. The zero-order valence-corrected chi connectivity index (χ0v) is 22.4. The van der Waals surface area contributed by atoms with Gasteiger partial charge in [0.15, 0.2) is 12.4 Å². The van der Waals surface area contributed by atoms with E-state index in [4.69, 9.17) is 32.7 Å². The summed E-state index contributed by atoms with van der Waals surface area (Å²) in [6.45, 7) is -0.539. The van der Waals surface area contributed by atoms with Gasteiger partial charge in [-0.05, 0) is 73.5 Å². The number of imide groups is 1. The van der Waals surface area contributed by atoms with Crippen LogP contribution in [0.25, 0.3) is 0 Å². The van der Waals surface area contributed by atoms with E-state index in [-0.39, 0.29) is 45.0 Å². The highest BCUT2D eigenvalue weighted by molar-refractivity contribution is 6.42. The largest absolute Gasteiger partial charge is 0.454 e. The quantitative estimate of drug-likeness (QED) is 0.116. The van der Waals surface area contributed by atoms with E-state index < -0.39 is 36.2 Å². The van der Waals surface area contributed by atoms with Crippen molar-refractivity contribution in [3.05, 3.63) is 106 Å². The van der Waals surface area contributed by atoms with E-state index >= 15 is 0 Å². The first-order valence-electron chi connectivity index (χ1n) is 12.3. The second-order valence-corrected chi connectivity index (χ2v) is 10.1. The molecule has 1 aliphatic heterocycles. The lowest BCUT2D eigenvalue weighted by molar-refractivity contribution is -0.122. The molecule has 2 amide bonds. The van der Waals surface area contributed by atoms with Gasteiger partial charge in [0.1, 0.15) is 5.75 Å². The summed E-state index contributed by atoms with van der Waals surface area (Å²) in [5.74, 6) is -3.07. The summed E-state index contributed by atoms with van der Waals surface area (Å²) >= 11 is 11.8. The molecule has 0 spiro atoms. The number of benzene rings is 3. The number of carbonyl (C=O) groups excluding carboxylic acids is 5. The molecule has 2 aliphatic rings. The molecule has 40 heavy (non-hydrogen) atoms. The number of rotatable bonds is 7. The highest BCUT2D eigenvalue weighted by Gasteiger charge is 2.47. The Balaban J connectivity index is 1.18. The monoisotopic (exact) mass is 577 g/mol. The van der Waals surface area contributed by atoms with Crippen LogP contribution in [-0.2, 0) is 14.3 Å². The molecular formula is C30H21Cl2NO7. The van der Waals surface area contributed by atoms with Crippen molar-refractivity contribution in [3.8, 4) is 5.75 Å². The third-order valence-corrected chi connectivity index (χ3v) is 7.46. The zero-order chi connectivity index (χ0) is 28.4. The fraction of sp³-hybridized carbons (Fsp3) is 0.167. The smallest absolute Gasteiger partial charge is 0.343 e. The molecule has 0 saturated carbocycles. The van der Waals surface area contributed by atoms with Gasteiger partial charge in [0.25, 0.3) is 0 Å². The second kappa shape index (κ2) is 11.5. The number of halogens is 2. The molecule has 0 bridgehead atoms. The Morgan fingerprint density at radius 1 is 0.750 bits per heavy atom. The maximum atomic E-state index is 12.9. The van der Waals surface area contributed by atoms with E-state index in [1.165, 1.54) is 54.6 Å².